The van der Waals surface area contributed by atoms with Crippen LogP contribution < -0.4 is 5.73 Å². The molecule has 0 aliphatic carbocycles. The summed E-state index contributed by atoms with van der Waals surface area (Å²) in [5.41, 5.74) is 5.46. The van der Waals surface area contributed by atoms with Crippen LogP contribution in [-0.4, -0.2) is 41.5 Å². The summed E-state index contributed by atoms with van der Waals surface area (Å²) in [5, 5.41) is 8.43. The maximum atomic E-state index is 11.3. The number of hydrogen-bond acceptors (Lipinski definition) is 3. The molecule has 5 nitrogen and oxygen atoms in total. The predicted molar refractivity (Wildman–Crippen MR) is 50.6 cm³/mol. The topological polar surface area (TPSA) is 83.6 Å². The number of rotatable bonds is 5. The first kappa shape index (κ1) is 11.0. The number of carbonyl (C=O) groups is 2. The summed E-state index contributed by atoms with van der Waals surface area (Å²) < 4.78 is 0. The molecule has 0 aromatic rings. The van der Waals surface area contributed by atoms with E-state index in [0.29, 0.717) is 32.5 Å². The summed E-state index contributed by atoms with van der Waals surface area (Å²) >= 11 is 0. The van der Waals surface area contributed by atoms with Crippen LogP contribution in [0.5, 0.6) is 0 Å². The number of carbonyl (C=O) groups excluding carboxylic acids is 1. The minimum Gasteiger partial charge on any atom is -0.481 e. The Labute approximate surface area is 82.9 Å². The highest BCUT2D eigenvalue weighted by Gasteiger charge is 2.27. The maximum Gasteiger partial charge on any atom is 0.303 e. The minimum atomic E-state index is -0.813. The van der Waals surface area contributed by atoms with E-state index in [0.717, 1.165) is 0 Å². The molecule has 0 aromatic heterocycles. The Balaban J connectivity index is 2.25. The van der Waals surface area contributed by atoms with Gasteiger partial charge in [-0.3, -0.25) is 9.59 Å². The molecule has 1 unspecified atom stereocenters. The van der Waals surface area contributed by atoms with E-state index < -0.39 is 5.97 Å². The number of nitrogens with two attached hydrogens (primary N) is 1. The van der Waals surface area contributed by atoms with Crippen LogP contribution in [0.15, 0.2) is 0 Å². The Kier molecular flexibility index (Phi) is 3.88. The molecule has 1 fully saturated rings. The lowest BCUT2D eigenvalue weighted by molar-refractivity contribution is -0.137. The number of carboxylic acid groups (broad SMARTS) is 1. The zero-order valence-corrected chi connectivity index (χ0v) is 8.11. The summed E-state index contributed by atoms with van der Waals surface area (Å²) in [6.45, 7) is 1.76. The van der Waals surface area contributed by atoms with Gasteiger partial charge >= 0.3 is 5.97 Å². The normalized spacial score (nSPS) is 21.6. The molecule has 0 spiro atoms. The highest BCUT2D eigenvalue weighted by molar-refractivity contribution is 5.78. The van der Waals surface area contributed by atoms with Gasteiger partial charge in [0.2, 0.25) is 5.91 Å². The fourth-order valence-electron chi connectivity index (χ4n) is 1.65. The molecular formula is C9H16N2O3. The monoisotopic (exact) mass is 200 g/mol. The van der Waals surface area contributed by atoms with Crippen molar-refractivity contribution in [1.29, 1.82) is 0 Å². The first-order valence-electron chi connectivity index (χ1n) is 4.83. The average Bonchev–Trinajstić information content (AvgIpc) is 2.47. The van der Waals surface area contributed by atoms with Gasteiger partial charge in [-0.1, -0.05) is 0 Å². The summed E-state index contributed by atoms with van der Waals surface area (Å²) in [6.07, 6.45) is 1.17. The van der Waals surface area contributed by atoms with Crippen molar-refractivity contribution in [2.45, 2.75) is 19.3 Å². The van der Waals surface area contributed by atoms with Crippen LogP contribution in [0.2, 0.25) is 0 Å². The smallest absolute Gasteiger partial charge is 0.303 e. The molecule has 1 amide bonds. The molecule has 0 bridgehead atoms. The lowest BCUT2D eigenvalue weighted by Gasteiger charge is -2.15. The largest absolute Gasteiger partial charge is 0.481 e. The Bertz CT molecular complexity index is 230. The number of nitrogens with zero attached hydrogens (tertiary/aromatic N) is 1. The van der Waals surface area contributed by atoms with Crippen LogP contribution in [0.25, 0.3) is 0 Å². The fraction of sp³-hybridized carbons (Fsp3) is 0.778. The van der Waals surface area contributed by atoms with Crippen LogP contribution in [0.4, 0.5) is 0 Å². The van der Waals surface area contributed by atoms with E-state index in [1.165, 1.54) is 0 Å². The Hall–Kier alpha value is -1.10. The van der Waals surface area contributed by atoms with Gasteiger partial charge in [-0.2, -0.15) is 0 Å². The van der Waals surface area contributed by atoms with Gasteiger partial charge in [0.25, 0.3) is 0 Å². The summed E-state index contributed by atoms with van der Waals surface area (Å²) in [6, 6.07) is 0. The van der Waals surface area contributed by atoms with Crippen LogP contribution in [-0.2, 0) is 9.59 Å². The van der Waals surface area contributed by atoms with E-state index in [4.69, 9.17) is 10.8 Å². The van der Waals surface area contributed by atoms with Crippen molar-refractivity contribution in [2.24, 2.45) is 11.7 Å². The van der Waals surface area contributed by atoms with E-state index in [1.807, 2.05) is 0 Å². The van der Waals surface area contributed by atoms with E-state index in [9.17, 15) is 9.59 Å². The Morgan fingerprint density at radius 3 is 2.86 bits per heavy atom. The van der Waals surface area contributed by atoms with Gasteiger partial charge in [0.15, 0.2) is 0 Å². The third kappa shape index (κ3) is 2.99. The second kappa shape index (κ2) is 4.95. The van der Waals surface area contributed by atoms with E-state index in [1.54, 1.807) is 4.90 Å². The predicted octanol–water partition coefficient (Wildman–Crippen LogP) is -0.342. The fourth-order valence-corrected chi connectivity index (χ4v) is 1.65. The third-order valence-electron chi connectivity index (χ3n) is 2.45. The lowest BCUT2D eigenvalue weighted by atomic mass is 10.1. The van der Waals surface area contributed by atoms with Crippen molar-refractivity contribution in [3.63, 3.8) is 0 Å². The highest BCUT2D eigenvalue weighted by atomic mass is 16.4. The van der Waals surface area contributed by atoms with Gasteiger partial charge in [-0.25, -0.2) is 0 Å². The quantitative estimate of drug-likeness (QED) is 0.636. The molecule has 1 heterocycles. The molecule has 0 saturated carbocycles. The molecule has 14 heavy (non-hydrogen) atoms. The Morgan fingerprint density at radius 2 is 2.36 bits per heavy atom. The molecule has 0 aromatic carbocycles. The standard InChI is InChI=1S/C9H16N2O3/c10-5-7-4-8(12)11(6-7)3-1-2-9(13)14/h7H,1-6,10H2,(H,13,14). The third-order valence-corrected chi connectivity index (χ3v) is 2.45. The van der Waals surface area contributed by atoms with Crippen LogP contribution in [0.1, 0.15) is 19.3 Å². The van der Waals surface area contributed by atoms with Crippen LogP contribution in [0, 0.1) is 5.92 Å². The van der Waals surface area contributed by atoms with Gasteiger partial charge in [0.1, 0.15) is 0 Å². The van der Waals surface area contributed by atoms with E-state index in [-0.39, 0.29) is 18.2 Å². The average molecular weight is 200 g/mol. The molecular weight excluding hydrogens is 184 g/mol. The SMILES string of the molecule is NCC1CC(=O)N(CCCC(=O)O)C1. The van der Waals surface area contributed by atoms with Gasteiger partial charge in [0, 0.05) is 25.9 Å². The molecule has 80 valence electrons. The molecule has 1 saturated heterocycles. The Morgan fingerprint density at radius 1 is 1.64 bits per heavy atom. The number of hydrogen-bond donors (Lipinski definition) is 2. The number of aliphatic carboxylic acids is 1. The first-order chi connectivity index (χ1) is 6.63. The molecule has 3 N–H and O–H groups in total. The van der Waals surface area contributed by atoms with Gasteiger partial charge in [-0.05, 0) is 18.9 Å². The second-order valence-electron chi connectivity index (χ2n) is 3.64. The molecule has 1 rings (SSSR count). The zero-order valence-electron chi connectivity index (χ0n) is 8.11. The number of carboxylic acids is 1. The van der Waals surface area contributed by atoms with Gasteiger partial charge < -0.3 is 15.7 Å². The van der Waals surface area contributed by atoms with Crippen molar-refractivity contribution < 1.29 is 14.7 Å². The van der Waals surface area contributed by atoms with Gasteiger partial charge in [-0.15, -0.1) is 0 Å². The molecule has 1 aliphatic rings. The number of amides is 1. The van der Waals surface area contributed by atoms with Crippen LogP contribution in [0.3, 0.4) is 0 Å². The van der Waals surface area contributed by atoms with E-state index in [2.05, 4.69) is 0 Å². The number of likely N-dealkylation sites (tertiary alicyclic amines) is 1. The summed E-state index contributed by atoms with van der Waals surface area (Å²) in [7, 11) is 0. The van der Waals surface area contributed by atoms with Crippen molar-refractivity contribution in [2.75, 3.05) is 19.6 Å². The van der Waals surface area contributed by atoms with Crippen molar-refractivity contribution >= 4 is 11.9 Å². The van der Waals surface area contributed by atoms with Crippen LogP contribution >= 0.6 is 0 Å². The van der Waals surface area contributed by atoms with Crippen molar-refractivity contribution in [1.82, 2.24) is 4.90 Å². The van der Waals surface area contributed by atoms with E-state index >= 15 is 0 Å². The zero-order chi connectivity index (χ0) is 10.6. The van der Waals surface area contributed by atoms with Crippen molar-refractivity contribution in [3.8, 4) is 0 Å². The van der Waals surface area contributed by atoms with Gasteiger partial charge in [0.05, 0.1) is 0 Å². The lowest BCUT2D eigenvalue weighted by Crippen LogP contribution is -2.27. The summed E-state index contributed by atoms with van der Waals surface area (Å²) in [5.74, 6) is -0.454. The second-order valence-corrected chi connectivity index (χ2v) is 3.64. The maximum absolute atomic E-state index is 11.3. The molecule has 5 heteroatoms. The highest BCUT2D eigenvalue weighted by Crippen LogP contribution is 2.16. The van der Waals surface area contributed by atoms with Crippen molar-refractivity contribution in [3.05, 3.63) is 0 Å². The molecule has 0 radical (unpaired) electrons. The molecule has 1 atom stereocenters. The first-order valence-corrected chi connectivity index (χ1v) is 4.83. The minimum absolute atomic E-state index is 0.103. The molecule has 1 aliphatic heterocycles. The summed E-state index contributed by atoms with van der Waals surface area (Å²) in [4.78, 5) is 23.3.